The average Bonchev–Trinajstić information content (AvgIpc) is 3.10. The number of pyridine rings is 1. The molecule has 1 fully saturated rings. The lowest BCUT2D eigenvalue weighted by molar-refractivity contribution is -0.138. The Morgan fingerprint density at radius 2 is 1.97 bits per heavy atom. The monoisotopic (exact) mass is 446 g/mol. The van der Waals surface area contributed by atoms with Gasteiger partial charge in [-0.15, -0.1) is 0 Å². The second kappa shape index (κ2) is 9.34. The van der Waals surface area contributed by atoms with E-state index in [1.165, 1.54) is 0 Å². The molecule has 0 N–H and O–H groups in total. The third-order valence-electron chi connectivity index (χ3n) is 6.05. The van der Waals surface area contributed by atoms with Gasteiger partial charge in [-0.25, -0.2) is 13.2 Å². The molecule has 0 saturated carbocycles. The number of carbonyl (C=O) groups excluding carboxylic acids is 2. The van der Waals surface area contributed by atoms with Gasteiger partial charge in [0.25, 0.3) is 5.91 Å². The van der Waals surface area contributed by atoms with Gasteiger partial charge in [0.2, 0.25) is 0 Å². The quantitative estimate of drug-likeness (QED) is 0.607. The highest BCUT2D eigenvalue weighted by molar-refractivity contribution is 7.91. The fourth-order valence-corrected chi connectivity index (χ4v) is 5.95. The number of para-hydroxylation sites is 1. The molecule has 0 radical (unpaired) electrons. The van der Waals surface area contributed by atoms with Crippen LogP contribution in [0.4, 0.5) is 0 Å². The standard InChI is InChI=1S/C23H30N2O5S/c1-5-15(3)25(17-11-12-31(28,29)14-17)21(26)13-30-23(27)22-16(4)18-9-7-8-10-20(18)24-19(22)6-2/h7-10,15,17H,5-6,11-14H2,1-4H3/t15-,17-/m1/s1. The van der Waals surface area contributed by atoms with E-state index in [9.17, 15) is 18.0 Å². The summed E-state index contributed by atoms with van der Waals surface area (Å²) in [6.45, 7) is 7.19. The number of amides is 1. The van der Waals surface area contributed by atoms with Gasteiger partial charge in [0, 0.05) is 17.5 Å². The van der Waals surface area contributed by atoms with Crippen LogP contribution in [0.1, 0.15) is 55.2 Å². The number of ether oxygens (including phenoxy) is 1. The molecule has 1 saturated heterocycles. The van der Waals surface area contributed by atoms with Crippen molar-refractivity contribution in [3.8, 4) is 0 Å². The smallest absolute Gasteiger partial charge is 0.340 e. The number of benzene rings is 1. The van der Waals surface area contributed by atoms with Gasteiger partial charge in [-0.1, -0.05) is 32.0 Å². The minimum absolute atomic E-state index is 0.0370. The number of nitrogens with zero attached hydrogens (tertiary/aromatic N) is 2. The summed E-state index contributed by atoms with van der Waals surface area (Å²) in [5.41, 5.74) is 2.62. The van der Waals surface area contributed by atoms with Crippen LogP contribution in [-0.2, 0) is 25.8 Å². The van der Waals surface area contributed by atoms with Crippen molar-refractivity contribution in [3.63, 3.8) is 0 Å². The van der Waals surface area contributed by atoms with Crippen LogP contribution in [0.3, 0.4) is 0 Å². The molecule has 1 aromatic heterocycles. The molecule has 1 amide bonds. The third kappa shape index (κ3) is 4.89. The van der Waals surface area contributed by atoms with E-state index in [1.807, 2.05) is 52.0 Å². The SMILES string of the molecule is CCc1nc2ccccc2c(C)c1C(=O)OCC(=O)N([C@@H]1CCS(=O)(=O)C1)[C@H](C)CC. The van der Waals surface area contributed by atoms with Crippen LogP contribution in [-0.4, -0.2) is 60.4 Å². The highest BCUT2D eigenvalue weighted by Gasteiger charge is 2.37. The van der Waals surface area contributed by atoms with Gasteiger partial charge in [0.15, 0.2) is 16.4 Å². The summed E-state index contributed by atoms with van der Waals surface area (Å²) < 4.78 is 29.3. The maximum absolute atomic E-state index is 13.0. The Morgan fingerprint density at radius 1 is 1.26 bits per heavy atom. The number of sulfone groups is 1. The molecule has 0 bridgehead atoms. The van der Waals surface area contributed by atoms with Crippen LogP contribution in [0.2, 0.25) is 0 Å². The number of esters is 1. The summed E-state index contributed by atoms with van der Waals surface area (Å²) in [5, 5.41) is 0.871. The van der Waals surface area contributed by atoms with E-state index in [0.29, 0.717) is 30.5 Å². The van der Waals surface area contributed by atoms with Crippen molar-refractivity contribution >= 4 is 32.6 Å². The normalized spacial score (nSPS) is 18.6. The zero-order valence-electron chi connectivity index (χ0n) is 18.6. The number of hydrogen-bond donors (Lipinski definition) is 0. The highest BCUT2D eigenvalue weighted by atomic mass is 32.2. The number of aromatic nitrogens is 1. The average molecular weight is 447 g/mol. The number of aryl methyl sites for hydroxylation is 2. The van der Waals surface area contributed by atoms with E-state index in [1.54, 1.807) is 4.90 Å². The number of rotatable bonds is 7. The van der Waals surface area contributed by atoms with Crippen LogP contribution in [0.25, 0.3) is 10.9 Å². The Kier molecular flexibility index (Phi) is 6.99. The first-order valence-corrected chi connectivity index (χ1v) is 12.6. The molecule has 31 heavy (non-hydrogen) atoms. The molecule has 7 nitrogen and oxygen atoms in total. The van der Waals surface area contributed by atoms with E-state index in [0.717, 1.165) is 16.5 Å². The zero-order valence-corrected chi connectivity index (χ0v) is 19.4. The number of fused-ring (bicyclic) bond motifs is 1. The van der Waals surface area contributed by atoms with Gasteiger partial charge < -0.3 is 9.64 Å². The maximum Gasteiger partial charge on any atom is 0.340 e. The molecule has 3 rings (SSSR count). The highest BCUT2D eigenvalue weighted by Crippen LogP contribution is 2.25. The topological polar surface area (TPSA) is 93.6 Å². The van der Waals surface area contributed by atoms with Crippen molar-refractivity contribution in [2.24, 2.45) is 0 Å². The van der Waals surface area contributed by atoms with Crippen molar-refractivity contribution in [1.29, 1.82) is 0 Å². The summed E-state index contributed by atoms with van der Waals surface area (Å²) in [7, 11) is -3.14. The first-order chi connectivity index (χ1) is 14.7. The largest absolute Gasteiger partial charge is 0.452 e. The predicted octanol–water partition coefficient (Wildman–Crippen LogP) is 3.08. The van der Waals surface area contributed by atoms with Crippen molar-refractivity contribution in [2.75, 3.05) is 18.1 Å². The van der Waals surface area contributed by atoms with Crippen LogP contribution < -0.4 is 0 Å². The lowest BCUT2D eigenvalue weighted by atomic mass is 10.0. The second-order valence-corrected chi connectivity index (χ2v) is 10.3. The molecule has 0 spiro atoms. The summed E-state index contributed by atoms with van der Waals surface area (Å²) in [5.74, 6) is -0.900. The first-order valence-electron chi connectivity index (χ1n) is 10.7. The van der Waals surface area contributed by atoms with E-state index < -0.39 is 22.4 Å². The summed E-state index contributed by atoms with van der Waals surface area (Å²) >= 11 is 0. The zero-order chi connectivity index (χ0) is 22.8. The molecule has 2 heterocycles. The Bertz CT molecular complexity index is 1100. The minimum Gasteiger partial charge on any atom is -0.452 e. The Hall–Kier alpha value is -2.48. The summed E-state index contributed by atoms with van der Waals surface area (Å²) in [6, 6.07) is 7.09. The fraction of sp³-hybridized carbons (Fsp3) is 0.522. The van der Waals surface area contributed by atoms with Crippen molar-refractivity contribution in [1.82, 2.24) is 9.88 Å². The van der Waals surface area contributed by atoms with E-state index >= 15 is 0 Å². The Morgan fingerprint density at radius 3 is 2.58 bits per heavy atom. The Labute approximate surface area is 183 Å². The number of carbonyl (C=O) groups is 2. The molecule has 1 aliphatic heterocycles. The molecule has 2 aromatic rings. The van der Waals surface area contributed by atoms with Gasteiger partial charge in [-0.05, 0) is 44.7 Å². The van der Waals surface area contributed by atoms with E-state index in [4.69, 9.17) is 4.74 Å². The van der Waals surface area contributed by atoms with Gasteiger partial charge >= 0.3 is 5.97 Å². The van der Waals surface area contributed by atoms with Crippen LogP contribution in [0.5, 0.6) is 0 Å². The van der Waals surface area contributed by atoms with Crippen LogP contribution >= 0.6 is 0 Å². The Balaban J connectivity index is 1.80. The molecule has 168 valence electrons. The number of hydrogen-bond acceptors (Lipinski definition) is 6. The summed E-state index contributed by atoms with van der Waals surface area (Å²) in [4.78, 5) is 32.1. The molecular formula is C23H30N2O5S. The molecular weight excluding hydrogens is 416 g/mol. The molecule has 0 unspecified atom stereocenters. The lowest BCUT2D eigenvalue weighted by Gasteiger charge is -2.33. The second-order valence-electron chi connectivity index (χ2n) is 8.12. The van der Waals surface area contributed by atoms with Gasteiger partial charge in [0.1, 0.15) is 0 Å². The van der Waals surface area contributed by atoms with Gasteiger partial charge in [-0.2, -0.15) is 0 Å². The van der Waals surface area contributed by atoms with E-state index in [-0.39, 0.29) is 29.5 Å². The van der Waals surface area contributed by atoms with Crippen molar-refractivity contribution in [2.45, 2.75) is 59.0 Å². The molecule has 0 aliphatic carbocycles. The van der Waals surface area contributed by atoms with Crippen LogP contribution in [0, 0.1) is 6.92 Å². The van der Waals surface area contributed by atoms with Crippen molar-refractivity contribution < 1.29 is 22.7 Å². The van der Waals surface area contributed by atoms with Crippen molar-refractivity contribution in [3.05, 3.63) is 41.1 Å². The lowest BCUT2D eigenvalue weighted by Crippen LogP contribution is -2.48. The molecule has 1 aromatic carbocycles. The third-order valence-corrected chi connectivity index (χ3v) is 7.80. The minimum atomic E-state index is -3.14. The van der Waals surface area contributed by atoms with Crippen LogP contribution in [0.15, 0.2) is 24.3 Å². The van der Waals surface area contributed by atoms with E-state index in [2.05, 4.69) is 4.98 Å². The molecule has 1 aliphatic rings. The van der Waals surface area contributed by atoms with Gasteiger partial charge in [-0.3, -0.25) is 9.78 Å². The molecule has 2 atom stereocenters. The fourth-order valence-electron chi connectivity index (χ4n) is 4.24. The predicted molar refractivity (Wildman–Crippen MR) is 120 cm³/mol. The van der Waals surface area contributed by atoms with Gasteiger partial charge in [0.05, 0.1) is 28.3 Å². The first kappa shape index (κ1) is 23.2. The summed E-state index contributed by atoms with van der Waals surface area (Å²) in [6.07, 6.45) is 1.66. The maximum atomic E-state index is 13.0. The molecule has 8 heteroatoms.